The second-order valence-electron chi connectivity index (χ2n) is 5.83. The van der Waals surface area contributed by atoms with E-state index in [0.29, 0.717) is 51.8 Å². The van der Waals surface area contributed by atoms with E-state index < -0.39 is 0 Å². The number of amides is 1. The summed E-state index contributed by atoms with van der Waals surface area (Å²) in [4.78, 5) is 12.5. The minimum atomic E-state index is -0.305. The van der Waals surface area contributed by atoms with Crippen LogP contribution < -0.4 is 24.3 Å². The highest BCUT2D eigenvalue weighted by molar-refractivity contribution is 6.33. The van der Waals surface area contributed by atoms with Gasteiger partial charge in [0.1, 0.15) is 0 Å². The average Bonchev–Trinajstić information content (AvgIpc) is 2.91. The number of nitrogens with one attached hydrogen (secondary N) is 1. The summed E-state index contributed by atoms with van der Waals surface area (Å²) in [5.41, 5.74) is 1.15. The Morgan fingerprint density at radius 1 is 1.07 bits per heavy atom. The molecule has 0 aromatic heterocycles. The number of methoxy groups -OCH3 is 2. The molecule has 0 unspecified atom stereocenters. The normalized spacial score (nSPS) is 12.9. The Bertz CT molecular complexity index is 856. The summed E-state index contributed by atoms with van der Waals surface area (Å²) in [7, 11) is 2.97. The lowest BCUT2D eigenvalue weighted by Gasteiger charge is -2.13. The zero-order valence-corrected chi connectivity index (χ0v) is 16.4. The summed E-state index contributed by atoms with van der Waals surface area (Å²) in [5.74, 6) is 1.58. The standard InChI is InChI=1S/C19H19Cl2NO5/c1-24-15-9-12(8-14(21)17(15)25-2)19(23)22-10-11-6-13(20)18-16(7-11)26-4-3-5-27-18/h6-9H,3-5,10H2,1-2H3,(H,22,23). The zero-order valence-electron chi connectivity index (χ0n) is 14.9. The first kappa shape index (κ1) is 19.5. The monoisotopic (exact) mass is 411 g/mol. The molecule has 0 saturated carbocycles. The highest BCUT2D eigenvalue weighted by Crippen LogP contribution is 2.38. The molecule has 0 fully saturated rings. The van der Waals surface area contributed by atoms with Crippen LogP contribution >= 0.6 is 23.2 Å². The molecule has 0 aliphatic carbocycles. The molecule has 0 saturated heterocycles. The van der Waals surface area contributed by atoms with Crippen molar-refractivity contribution in [2.24, 2.45) is 0 Å². The molecule has 1 amide bonds. The summed E-state index contributed by atoms with van der Waals surface area (Å²) in [6.45, 7) is 1.38. The van der Waals surface area contributed by atoms with Gasteiger partial charge in [0.15, 0.2) is 23.0 Å². The first-order valence-corrected chi connectivity index (χ1v) is 9.06. The zero-order chi connectivity index (χ0) is 19.4. The average molecular weight is 412 g/mol. The molecule has 3 rings (SSSR count). The van der Waals surface area contributed by atoms with Crippen molar-refractivity contribution in [2.75, 3.05) is 27.4 Å². The van der Waals surface area contributed by atoms with E-state index in [1.54, 1.807) is 12.1 Å². The van der Waals surface area contributed by atoms with Crippen LogP contribution in [0.3, 0.4) is 0 Å². The van der Waals surface area contributed by atoms with Crippen molar-refractivity contribution in [3.05, 3.63) is 45.4 Å². The van der Waals surface area contributed by atoms with E-state index in [1.165, 1.54) is 20.3 Å². The molecule has 1 aliphatic rings. The summed E-state index contributed by atoms with van der Waals surface area (Å²) in [6.07, 6.45) is 0.789. The van der Waals surface area contributed by atoms with Gasteiger partial charge in [-0.05, 0) is 29.8 Å². The quantitative estimate of drug-likeness (QED) is 0.801. The van der Waals surface area contributed by atoms with Crippen LogP contribution in [0.5, 0.6) is 23.0 Å². The fourth-order valence-electron chi connectivity index (χ4n) is 2.72. The van der Waals surface area contributed by atoms with Gasteiger partial charge in [-0.3, -0.25) is 4.79 Å². The number of fused-ring (bicyclic) bond motifs is 1. The van der Waals surface area contributed by atoms with Gasteiger partial charge >= 0.3 is 0 Å². The minimum Gasteiger partial charge on any atom is -0.493 e. The van der Waals surface area contributed by atoms with E-state index in [-0.39, 0.29) is 12.5 Å². The van der Waals surface area contributed by atoms with Crippen LogP contribution in [-0.4, -0.2) is 33.3 Å². The van der Waals surface area contributed by atoms with E-state index in [4.69, 9.17) is 42.1 Å². The van der Waals surface area contributed by atoms with E-state index in [1.807, 2.05) is 6.07 Å². The Labute approximate surface area is 167 Å². The smallest absolute Gasteiger partial charge is 0.251 e. The molecule has 1 aliphatic heterocycles. The van der Waals surface area contributed by atoms with Gasteiger partial charge < -0.3 is 24.3 Å². The van der Waals surface area contributed by atoms with Gasteiger partial charge in [-0.2, -0.15) is 0 Å². The molecule has 0 radical (unpaired) electrons. The molecule has 0 spiro atoms. The number of rotatable bonds is 5. The van der Waals surface area contributed by atoms with Crippen molar-refractivity contribution in [3.8, 4) is 23.0 Å². The third-order valence-electron chi connectivity index (χ3n) is 4.01. The van der Waals surface area contributed by atoms with Crippen molar-refractivity contribution in [3.63, 3.8) is 0 Å². The maximum Gasteiger partial charge on any atom is 0.251 e. The van der Waals surface area contributed by atoms with Crippen LogP contribution in [0.25, 0.3) is 0 Å². The molecule has 1 heterocycles. The van der Waals surface area contributed by atoms with Gasteiger partial charge in [0.2, 0.25) is 0 Å². The Morgan fingerprint density at radius 2 is 1.85 bits per heavy atom. The molecular weight excluding hydrogens is 393 g/mol. The molecule has 0 atom stereocenters. The predicted octanol–water partition coefficient (Wildman–Crippen LogP) is 4.10. The van der Waals surface area contributed by atoms with Crippen molar-refractivity contribution in [1.29, 1.82) is 0 Å². The highest BCUT2D eigenvalue weighted by Gasteiger charge is 2.17. The second kappa shape index (κ2) is 8.59. The number of carbonyl (C=O) groups is 1. The van der Waals surface area contributed by atoms with Gasteiger partial charge in [0.25, 0.3) is 5.91 Å². The third kappa shape index (κ3) is 4.34. The first-order valence-electron chi connectivity index (χ1n) is 8.31. The fraction of sp³-hybridized carbons (Fsp3) is 0.316. The molecule has 6 nitrogen and oxygen atoms in total. The number of ether oxygens (including phenoxy) is 4. The number of hydrogen-bond acceptors (Lipinski definition) is 5. The number of hydrogen-bond donors (Lipinski definition) is 1. The third-order valence-corrected chi connectivity index (χ3v) is 4.57. The van der Waals surface area contributed by atoms with Crippen LogP contribution in [0.2, 0.25) is 10.0 Å². The molecule has 8 heteroatoms. The van der Waals surface area contributed by atoms with Gasteiger partial charge in [0.05, 0.1) is 37.5 Å². The topological polar surface area (TPSA) is 66.0 Å². The minimum absolute atomic E-state index is 0.265. The molecule has 0 bridgehead atoms. The lowest BCUT2D eigenvalue weighted by Crippen LogP contribution is -2.23. The van der Waals surface area contributed by atoms with E-state index in [9.17, 15) is 4.79 Å². The summed E-state index contributed by atoms with van der Waals surface area (Å²) in [6, 6.07) is 6.66. The largest absolute Gasteiger partial charge is 0.493 e. The predicted molar refractivity (Wildman–Crippen MR) is 103 cm³/mol. The van der Waals surface area contributed by atoms with E-state index >= 15 is 0 Å². The molecular formula is C19H19Cl2NO5. The lowest BCUT2D eigenvalue weighted by molar-refractivity contribution is 0.0950. The molecule has 2 aromatic carbocycles. The first-order chi connectivity index (χ1) is 13.0. The Hall–Kier alpha value is -2.31. The van der Waals surface area contributed by atoms with E-state index in [0.717, 1.165) is 12.0 Å². The Morgan fingerprint density at radius 3 is 2.59 bits per heavy atom. The Balaban J connectivity index is 1.75. The maximum absolute atomic E-state index is 12.5. The molecule has 144 valence electrons. The van der Waals surface area contributed by atoms with Crippen molar-refractivity contribution >= 4 is 29.1 Å². The summed E-state index contributed by atoms with van der Waals surface area (Å²) in [5, 5.41) is 3.58. The van der Waals surface area contributed by atoms with Crippen molar-refractivity contribution in [2.45, 2.75) is 13.0 Å². The molecule has 2 aromatic rings. The molecule has 27 heavy (non-hydrogen) atoms. The van der Waals surface area contributed by atoms with Crippen LogP contribution in [0.1, 0.15) is 22.3 Å². The van der Waals surface area contributed by atoms with Crippen LogP contribution in [0, 0.1) is 0 Å². The van der Waals surface area contributed by atoms with E-state index in [2.05, 4.69) is 5.32 Å². The second-order valence-corrected chi connectivity index (χ2v) is 6.65. The van der Waals surface area contributed by atoms with Crippen molar-refractivity contribution < 1.29 is 23.7 Å². The lowest BCUT2D eigenvalue weighted by atomic mass is 10.1. The van der Waals surface area contributed by atoms with Gasteiger partial charge in [0, 0.05) is 18.5 Å². The van der Waals surface area contributed by atoms with Crippen LogP contribution in [0.15, 0.2) is 24.3 Å². The number of carbonyl (C=O) groups excluding carboxylic acids is 1. The summed E-state index contributed by atoms with van der Waals surface area (Å²) < 4.78 is 21.7. The van der Waals surface area contributed by atoms with Crippen molar-refractivity contribution in [1.82, 2.24) is 5.32 Å². The fourth-order valence-corrected chi connectivity index (χ4v) is 3.30. The summed E-state index contributed by atoms with van der Waals surface area (Å²) >= 11 is 12.4. The van der Waals surface area contributed by atoms with Gasteiger partial charge in [-0.25, -0.2) is 0 Å². The highest BCUT2D eigenvalue weighted by atomic mass is 35.5. The van der Waals surface area contributed by atoms with Crippen LogP contribution in [0.4, 0.5) is 0 Å². The van der Waals surface area contributed by atoms with Gasteiger partial charge in [-0.15, -0.1) is 0 Å². The Kier molecular flexibility index (Phi) is 6.19. The molecule has 1 N–H and O–H groups in total. The maximum atomic E-state index is 12.5. The van der Waals surface area contributed by atoms with Crippen LogP contribution in [-0.2, 0) is 6.54 Å². The number of halogens is 2. The SMILES string of the molecule is COc1cc(C(=O)NCc2cc(Cl)c3c(c2)OCCCO3)cc(Cl)c1OC. The van der Waals surface area contributed by atoms with Gasteiger partial charge in [-0.1, -0.05) is 23.2 Å². The number of benzene rings is 2.